The van der Waals surface area contributed by atoms with Gasteiger partial charge in [0.25, 0.3) is 0 Å². The summed E-state index contributed by atoms with van der Waals surface area (Å²) in [6.07, 6.45) is 5.15. The van der Waals surface area contributed by atoms with Crippen LogP contribution < -0.4 is 4.90 Å². The first-order valence-corrected chi connectivity index (χ1v) is 11.4. The van der Waals surface area contributed by atoms with E-state index in [4.69, 9.17) is 9.36 Å². The third-order valence-corrected chi connectivity index (χ3v) is 6.23. The number of rotatable bonds is 5. The van der Waals surface area contributed by atoms with Crippen LogP contribution >= 0.6 is 11.5 Å². The molecule has 0 aliphatic rings. The van der Waals surface area contributed by atoms with Crippen LogP contribution in [0.5, 0.6) is 0 Å². The van der Waals surface area contributed by atoms with Crippen molar-refractivity contribution in [1.82, 2.24) is 13.9 Å². The van der Waals surface area contributed by atoms with Crippen molar-refractivity contribution in [2.45, 2.75) is 0 Å². The summed E-state index contributed by atoms with van der Waals surface area (Å²) in [6.45, 7) is 0. The maximum atomic E-state index is 5.05. The average molecular weight is 638 g/mol. The Morgan fingerprint density at radius 1 is 0.794 bits per heavy atom. The largest absolute Gasteiger partial charge is 2.00 e. The Hall–Kier alpha value is -3.53. The molecule has 0 N–H and O–H groups in total. The van der Waals surface area contributed by atoms with Crippen molar-refractivity contribution in [3.63, 3.8) is 0 Å². The van der Waals surface area contributed by atoms with E-state index in [2.05, 4.69) is 41.4 Å². The Kier molecular flexibility index (Phi) is 6.39. The molecule has 0 aliphatic carbocycles. The smallest absolute Gasteiger partial charge is 0.471 e. The zero-order valence-corrected chi connectivity index (χ0v) is 21.0. The molecule has 6 aromatic rings. The summed E-state index contributed by atoms with van der Waals surface area (Å²) in [4.78, 5) is 7.16. The number of benzene rings is 3. The number of para-hydroxylation sites is 1. The molecule has 0 atom stereocenters. The number of hydrogen-bond acceptors (Lipinski definition) is 4. The third-order valence-electron chi connectivity index (χ3n) is 5.41. The van der Waals surface area contributed by atoms with Gasteiger partial charge in [-0.15, -0.1) is 18.3 Å². The summed E-state index contributed by atoms with van der Waals surface area (Å²) in [5.74, 6) is 0.806. The Labute approximate surface area is 216 Å². The van der Waals surface area contributed by atoms with E-state index in [-0.39, 0.29) is 21.1 Å². The van der Waals surface area contributed by atoms with E-state index in [1.54, 1.807) is 0 Å². The Balaban J connectivity index is 0.00000241. The van der Waals surface area contributed by atoms with Gasteiger partial charge < -0.3 is 9.47 Å². The molecule has 3 aromatic carbocycles. The summed E-state index contributed by atoms with van der Waals surface area (Å²) in [5.41, 5.74) is 4.58. The Morgan fingerprint density at radius 3 is 2.47 bits per heavy atom. The van der Waals surface area contributed by atoms with Gasteiger partial charge in [-0.1, -0.05) is 54.3 Å². The van der Waals surface area contributed by atoms with Crippen LogP contribution in [0.1, 0.15) is 0 Å². The molecule has 0 unspecified atom stereocenters. The number of hydrogen-bond donors (Lipinski definition) is 0. The first kappa shape index (κ1) is 22.3. The summed E-state index contributed by atoms with van der Waals surface area (Å²) in [5, 5.41) is 1.12. The molecule has 166 valence electrons. The molecule has 0 radical (unpaired) electrons. The number of aromatic nitrogens is 3. The second-order valence-corrected chi connectivity index (χ2v) is 8.31. The molecule has 0 saturated heterocycles. The number of fused-ring (bicyclic) bond motifs is 1. The zero-order valence-electron chi connectivity index (χ0n) is 17.9. The molecule has 6 rings (SSSR count). The molecule has 0 saturated carbocycles. The van der Waals surface area contributed by atoms with Gasteiger partial charge in [0, 0.05) is 11.1 Å². The minimum absolute atomic E-state index is 0. The van der Waals surface area contributed by atoms with Crippen molar-refractivity contribution in [3.8, 4) is 17.1 Å². The van der Waals surface area contributed by atoms with Crippen LogP contribution in [-0.2, 0) is 21.1 Å². The van der Waals surface area contributed by atoms with Gasteiger partial charge in [0.2, 0.25) is 0 Å². The molecule has 3 aromatic heterocycles. The van der Waals surface area contributed by atoms with Crippen LogP contribution in [-0.4, -0.2) is 13.9 Å². The molecular weight excluding hydrogens is 619 g/mol. The van der Waals surface area contributed by atoms with Crippen LogP contribution in [0.15, 0.2) is 109 Å². The summed E-state index contributed by atoms with van der Waals surface area (Å²) in [6, 6.07) is 38.1. The maximum absolute atomic E-state index is 5.05. The van der Waals surface area contributed by atoms with Crippen molar-refractivity contribution >= 4 is 38.8 Å². The van der Waals surface area contributed by atoms with Crippen LogP contribution in [0.4, 0.5) is 17.2 Å². The molecule has 0 fully saturated rings. The van der Waals surface area contributed by atoms with Crippen LogP contribution in [0, 0.1) is 12.3 Å². The van der Waals surface area contributed by atoms with Crippen molar-refractivity contribution in [2.75, 3.05) is 4.90 Å². The van der Waals surface area contributed by atoms with Crippen LogP contribution in [0.3, 0.4) is 0 Å². The van der Waals surface area contributed by atoms with Gasteiger partial charge in [0.05, 0.1) is 10.4 Å². The van der Waals surface area contributed by atoms with Gasteiger partial charge in [0.15, 0.2) is 0 Å². The van der Waals surface area contributed by atoms with Gasteiger partial charge in [-0.25, -0.2) is 4.98 Å². The predicted molar refractivity (Wildman–Crippen MR) is 135 cm³/mol. The number of nitrogens with zero attached hydrogens (tertiary/aromatic N) is 4. The second kappa shape index (κ2) is 9.76. The number of pyridine rings is 1. The Bertz CT molecular complexity index is 1530. The summed E-state index contributed by atoms with van der Waals surface area (Å²) in [7, 11) is 0. The van der Waals surface area contributed by atoms with Crippen LogP contribution in [0.2, 0.25) is 0 Å². The minimum atomic E-state index is 0. The number of anilines is 3. The average Bonchev–Trinajstić information content (AvgIpc) is 3.56. The molecule has 0 bridgehead atoms. The van der Waals surface area contributed by atoms with Crippen molar-refractivity contribution in [3.05, 3.63) is 122 Å². The second-order valence-electron chi connectivity index (χ2n) is 7.51. The molecule has 3 heterocycles. The molecule has 4 nitrogen and oxygen atoms in total. The summed E-state index contributed by atoms with van der Waals surface area (Å²) >= 11 is 1.50. The quantitative estimate of drug-likeness (QED) is 0.187. The monoisotopic (exact) mass is 637 g/mol. The van der Waals surface area contributed by atoms with Gasteiger partial charge >= 0.3 is 21.1 Å². The predicted octanol–water partition coefficient (Wildman–Crippen LogP) is 7.22. The van der Waals surface area contributed by atoms with E-state index >= 15 is 0 Å². The third kappa shape index (κ3) is 4.21. The van der Waals surface area contributed by atoms with Crippen LogP contribution in [0.25, 0.3) is 27.2 Å². The van der Waals surface area contributed by atoms with Gasteiger partial charge in [-0.2, -0.15) is 34.3 Å². The Morgan fingerprint density at radius 2 is 1.62 bits per heavy atom. The first-order valence-electron chi connectivity index (χ1n) is 10.6. The van der Waals surface area contributed by atoms with Gasteiger partial charge in [-0.05, 0) is 41.9 Å². The molecule has 0 aliphatic heterocycles. The molecular formula is C28H18N4PtS. The molecule has 0 amide bonds. The molecule has 0 spiro atoms. The fraction of sp³-hybridized carbons (Fsp3) is 0. The summed E-state index contributed by atoms with van der Waals surface area (Å²) < 4.78 is 7.79. The van der Waals surface area contributed by atoms with E-state index < -0.39 is 0 Å². The first-order chi connectivity index (χ1) is 16.4. The fourth-order valence-electron chi connectivity index (χ4n) is 3.88. The van der Waals surface area contributed by atoms with E-state index in [0.29, 0.717) is 0 Å². The molecule has 6 heteroatoms. The standard InChI is InChI=1S/C28H18N4S.Pt/c1-2-10-21(11-3-1)32(23-13-8-12-22(20-23)31-18-6-7-19-31)27-17-9-15-25(29-27)28-24-14-4-5-16-26(24)33-30-28;/h1-18H;/q-2;+2. The van der Waals surface area contributed by atoms with E-state index in [1.165, 1.54) is 11.5 Å². The zero-order chi connectivity index (χ0) is 22.0. The topological polar surface area (TPSA) is 34.0 Å². The maximum Gasteiger partial charge on any atom is 2.00 e. The van der Waals surface area contributed by atoms with E-state index in [0.717, 1.165) is 44.4 Å². The van der Waals surface area contributed by atoms with Gasteiger partial charge in [0.1, 0.15) is 11.5 Å². The SMILES string of the molecule is [Pt+2].[c-]1c(N(c2ccccc2)c2cccc(-c3nsc4ccccc34)n2)cccc1-n1[c-]ccc1. The van der Waals surface area contributed by atoms with Gasteiger partial charge in [-0.3, -0.25) is 0 Å². The van der Waals surface area contributed by atoms with E-state index in [9.17, 15) is 0 Å². The molecule has 34 heavy (non-hydrogen) atoms. The van der Waals surface area contributed by atoms with E-state index in [1.807, 2.05) is 89.6 Å². The minimum Gasteiger partial charge on any atom is -0.471 e. The van der Waals surface area contributed by atoms with Crippen molar-refractivity contribution < 1.29 is 21.1 Å². The normalized spacial score (nSPS) is 10.7. The fourth-order valence-corrected chi connectivity index (χ4v) is 4.67. The van der Waals surface area contributed by atoms with Crippen molar-refractivity contribution in [2.24, 2.45) is 0 Å². The van der Waals surface area contributed by atoms with Crippen molar-refractivity contribution in [1.29, 1.82) is 0 Å².